The Morgan fingerprint density at radius 3 is 2.19 bits per heavy atom. The molecule has 2 rings (SSSR count). The zero-order valence-electron chi connectivity index (χ0n) is 17.3. The molecule has 2 aromatic carbocycles. The summed E-state index contributed by atoms with van der Waals surface area (Å²) < 4.78 is 78.7. The van der Waals surface area contributed by atoms with Crippen molar-refractivity contribution in [2.24, 2.45) is 5.92 Å². The standard InChI is InChI=1S/C22H25F5O4/c1-13(21(2,29)22(25,26)27)18(15-9-10-16(23)19(24)20(15)30-3)17(28)12-31-11-14-7-5-4-6-8-14/h4-10,13,17-18,28-29H,11-12H2,1-3H3/t13-,17+,18-,21?/m0/s1. The average molecular weight is 448 g/mol. The van der Waals surface area contributed by atoms with E-state index in [0.29, 0.717) is 6.92 Å². The monoisotopic (exact) mass is 448 g/mol. The molecule has 9 heteroatoms. The molecule has 172 valence electrons. The molecule has 0 saturated carbocycles. The van der Waals surface area contributed by atoms with E-state index in [4.69, 9.17) is 9.47 Å². The third-order valence-corrected chi connectivity index (χ3v) is 5.46. The molecule has 0 saturated heterocycles. The summed E-state index contributed by atoms with van der Waals surface area (Å²) >= 11 is 0. The zero-order valence-corrected chi connectivity index (χ0v) is 17.3. The molecule has 0 heterocycles. The number of benzene rings is 2. The lowest BCUT2D eigenvalue weighted by Gasteiger charge is -2.39. The quantitative estimate of drug-likeness (QED) is 0.552. The van der Waals surface area contributed by atoms with E-state index in [1.807, 2.05) is 0 Å². The Balaban J connectivity index is 2.39. The molecule has 0 amide bonds. The van der Waals surface area contributed by atoms with Gasteiger partial charge in [-0.15, -0.1) is 0 Å². The van der Waals surface area contributed by atoms with E-state index >= 15 is 0 Å². The second-order valence-electron chi connectivity index (χ2n) is 7.51. The van der Waals surface area contributed by atoms with Crippen LogP contribution in [-0.2, 0) is 11.3 Å². The number of ether oxygens (including phenoxy) is 2. The molecule has 0 radical (unpaired) electrons. The Labute approximate surface area is 177 Å². The maximum Gasteiger partial charge on any atom is 0.417 e. The molecule has 0 aromatic heterocycles. The number of hydrogen-bond acceptors (Lipinski definition) is 4. The van der Waals surface area contributed by atoms with Gasteiger partial charge in [0.2, 0.25) is 5.82 Å². The zero-order chi connectivity index (χ0) is 23.4. The fourth-order valence-electron chi connectivity index (χ4n) is 3.41. The van der Waals surface area contributed by atoms with E-state index < -0.39 is 53.7 Å². The van der Waals surface area contributed by atoms with Crippen LogP contribution in [0.25, 0.3) is 0 Å². The largest absolute Gasteiger partial charge is 0.493 e. The number of hydrogen-bond donors (Lipinski definition) is 2. The van der Waals surface area contributed by atoms with Crippen molar-refractivity contribution in [3.8, 4) is 5.75 Å². The Morgan fingerprint density at radius 1 is 1.03 bits per heavy atom. The van der Waals surface area contributed by atoms with Gasteiger partial charge in [-0.25, -0.2) is 4.39 Å². The molecule has 0 fully saturated rings. The van der Waals surface area contributed by atoms with E-state index in [9.17, 15) is 32.2 Å². The summed E-state index contributed by atoms with van der Waals surface area (Å²) in [6, 6.07) is 10.6. The third-order valence-electron chi connectivity index (χ3n) is 5.46. The second kappa shape index (κ2) is 9.93. The summed E-state index contributed by atoms with van der Waals surface area (Å²) in [5, 5.41) is 21.0. The Morgan fingerprint density at radius 2 is 1.65 bits per heavy atom. The number of halogens is 5. The lowest BCUT2D eigenvalue weighted by Crippen LogP contribution is -2.51. The van der Waals surface area contributed by atoms with Gasteiger partial charge in [-0.05, 0) is 18.6 Å². The summed E-state index contributed by atoms with van der Waals surface area (Å²) in [5.41, 5.74) is -2.69. The van der Waals surface area contributed by atoms with Crippen molar-refractivity contribution in [2.75, 3.05) is 13.7 Å². The fraction of sp³-hybridized carbons (Fsp3) is 0.455. The van der Waals surface area contributed by atoms with Gasteiger partial charge in [0.25, 0.3) is 0 Å². The van der Waals surface area contributed by atoms with Gasteiger partial charge in [0.1, 0.15) is 0 Å². The topological polar surface area (TPSA) is 58.9 Å². The van der Waals surface area contributed by atoms with Crippen LogP contribution in [0.2, 0.25) is 0 Å². The van der Waals surface area contributed by atoms with Crippen LogP contribution in [0, 0.1) is 17.6 Å². The van der Waals surface area contributed by atoms with E-state index in [1.54, 1.807) is 30.3 Å². The summed E-state index contributed by atoms with van der Waals surface area (Å²) in [7, 11) is 1.03. The van der Waals surface area contributed by atoms with Crippen molar-refractivity contribution >= 4 is 0 Å². The van der Waals surface area contributed by atoms with Crippen molar-refractivity contribution in [1.82, 2.24) is 0 Å². The molecular formula is C22H25F5O4. The Hall–Kier alpha value is -2.23. The van der Waals surface area contributed by atoms with Crippen LogP contribution in [-0.4, -0.2) is 41.8 Å². The highest BCUT2D eigenvalue weighted by molar-refractivity contribution is 5.40. The normalized spacial score (nSPS) is 17.0. The van der Waals surface area contributed by atoms with Crippen molar-refractivity contribution in [1.29, 1.82) is 0 Å². The van der Waals surface area contributed by atoms with Crippen molar-refractivity contribution in [3.63, 3.8) is 0 Å². The molecule has 0 bridgehead atoms. The van der Waals surface area contributed by atoms with Gasteiger partial charge in [-0.1, -0.05) is 43.3 Å². The van der Waals surface area contributed by atoms with E-state index in [0.717, 1.165) is 31.7 Å². The molecule has 0 aliphatic rings. The summed E-state index contributed by atoms with van der Waals surface area (Å²) in [4.78, 5) is 0. The number of aliphatic hydroxyl groups is 2. The molecule has 0 spiro atoms. The molecule has 2 aromatic rings. The van der Waals surface area contributed by atoms with Gasteiger partial charge in [-0.3, -0.25) is 0 Å². The number of aliphatic hydroxyl groups excluding tert-OH is 1. The second-order valence-corrected chi connectivity index (χ2v) is 7.51. The van der Waals surface area contributed by atoms with Crippen molar-refractivity contribution < 1.29 is 41.6 Å². The van der Waals surface area contributed by atoms with Crippen LogP contribution >= 0.6 is 0 Å². The summed E-state index contributed by atoms with van der Waals surface area (Å²) in [6.45, 7) is 1.29. The highest BCUT2D eigenvalue weighted by atomic mass is 19.4. The maximum atomic E-state index is 14.3. The van der Waals surface area contributed by atoms with Crippen LogP contribution in [0.5, 0.6) is 5.75 Å². The predicted molar refractivity (Wildman–Crippen MR) is 104 cm³/mol. The minimum absolute atomic E-state index is 0.0730. The fourth-order valence-corrected chi connectivity index (χ4v) is 3.41. The van der Waals surface area contributed by atoms with Crippen LogP contribution in [0.3, 0.4) is 0 Å². The van der Waals surface area contributed by atoms with E-state index in [2.05, 4.69) is 0 Å². The van der Waals surface area contributed by atoms with Crippen LogP contribution in [0.15, 0.2) is 42.5 Å². The Bertz CT molecular complexity index is 855. The van der Waals surface area contributed by atoms with Gasteiger partial charge in [0.15, 0.2) is 17.2 Å². The van der Waals surface area contributed by atoms with E-state index in [1.165, 1.54) is 0 Å². The molecule has 0 aliphatic heterocycles. The smallest absolute Gasteiger partial charge is 0.417 e. The highest BCUT2D eigenvalue weighted by Crippen LogP contribution is 2.46. The van der Waals surface area contributed by atoms with Crippen LogP contribution in [0.1, 0.15) is 30.9 Å². The molecule has 1 unspecified atom stereocenters. The Kier molecular flexibility index (Phi) is 8.02. The van der Waals surface area contributed by atoms with Crippen LogP contribution in [0.4, 0.5) is 22.0 Å². The molecule has 4 nitrogen and oxygen atoms in total. The van der Waals surface area contributed by atoms with E-state index in [-0.39, 0.29) is 12.2 Å². The first-order chi connectivity index (χ1) is 14.4. The van der Waals surface area contributed by atoms with Gasteiger partial charge in [0, 0.05) is 17.4 Å². The summed E-state index contributed by atoms with van der Waals surface area (Å²) in [6.07, 6.45) is -6.63. The van der Waals surface area contributed by atoms with Gasteiger partial charge in [0.05, 0.1) is 26.4 Å². The van der Waals surface area contributed by atoms with Crippen molar-refractivity contribution in [2.45, 2.75) is 44.3 Å². The third kappa shape index (κ3) is 5.53. The minimum atomic E-state index is -5.04. The lowest BCUT2D eigenvalue weighted by molar-refractivity contribution is -0.275. The first-order valence-corrected chi connectivity index (χ1v) is 9.52. The predicted octanol–water partition coefficient (Wildman–Crippen LogP) is 4.58. The van der Waals surface area contributed by atoms with Gasteiger partial charge >= 0.3 is 6.18 Å². The number of alkyl halides is 3. The SMILES string of the molecule is COc1c([C@@H]([C@H](O)COCc2ccccc2)[C@H](C)C(C)(O)C(F)(F)F)ccc(F)c1F. The van der Waals surface area contributed by atoms with Crippen LogP contribution < -0.4 is 4.74 Å². The lowest BCUT2D eigenvalue weighted by atomic mass is 9.73. The molecular weight excluding hydrogens is 423 g/mol. The first-order valence-electron chi connectivity index (χ1n) is 9.52. The van der Waals surface area contributed by atoms with Gasteiger partial charge < -0.3 is 19.7 Å². The number of rotatable bonds is 9. The van der Waals surface area contributed by atoms with Gasteiger partial charge in [-0.2, -0.15) is 17.6 Å². The first kappa shape index (κ1) is 25.0. The highest BCUT2D eigenvalue weighted by Gasteiger charge is 2.56. The molecule has 4 atom stereocenters. The molecule has 2 N–H and O–H groups in total. The number of methoxy groups -OCH3 is 1. The summed E-state index contributed by atoms with van der Waals surface area (Å²) in [5.74, 6) is -6.46. The molecule has 31 heavy (non-hydrogen) atoms. The van der Waals surface area contributed by atoms with Crippen molar-refractivity contribution in [3.05, 3.63) is 65.2 Å². The maximum absolute atomic E-state index is 14.3. The minimum Gasteiger partial charge on any atom is -0.493 e. The molecule has 0 aliphatic carbocycles. The average Bonchev–Trinajstić information content (AvgIpc) is 2.71.